The molecule has 22 heavy (non-hydrogen) atoms. The number of anilines is 1. The van der Waals surface area contributed by atoms with Crippen LogP contribution in [0.25, 0.3) is 5.57 Å². The van der Waals surface area contributed by atoms with Crippen molar-refractivity contribution < 1.29 is 14.3 Å². The van der Waals surface area contributed by atoms with Crippen molar-refractivity contribution in [2.45, 2.75) is 0 Å². The summed E-state index contributed by atoms with van der Waals surface area (Å²) in [6.45, 7) is 0. The third-order valence-corrected chi connectivity index (χ3v) is 3.94. The van der Waals surface area contributed by atoms with Crippen LogP contribution < -0.4 is 10.1 Å². The molecule has 1 aliphatic rings. The van der Waals surface area contributed by atoms with Crippen molar-refractivity contribution in [2.24, 2.45) is 0 Å². The highest BCUT2D eigenvalue weighted by molar-refractivity contribution is 9.10. The minimum Gasteiger partial charge on any atom is -0.497 e. The number of carbonyl (C=O) groups is 2. The van der Waals surface area contributed by atoms with Crippen molar-refractivity contribution in [3.05, 3.63) is 64.1 Å². The maximum absolute atomic E-state index is 12.3. The molecule has 0 aliphatic carbocycles. The quantitative estimate of drug-likeness (QED) is 0.673. The Kier molecular flexibility index (Phi) is 3.81. The highest BCUT2D eigenvalue weighted by Gasteiger charge is 2.25. The molecule has 0 bridgehead atoms. The summed E-state index contributed by atoms with van der Waals surface area (Å²) in [5.41, 5.74) is 2.23. The molecule has 1 N–H and O–H groups in total. The zero-order valence-electron chi connectivity index (χ0n) is 11.7. The Hall–Kier alpha value is -2.40. The first-order valence-electron chi connectivity index (χ1n) is 6.60. The van der Waals surface area contributed by atoms with E-state index < -0.39 is 0 Å². The fraction of sp³-hybridized carbons (Fsp3) is 0.0588. The third kappa shape index (κ3) is 2.67. The zero-order valence-corrected chi connectivity index (χ0v) is 13.3. The van der Waals surface area contributed by atoms with Gasteiger partial charge in [-0.2, -0.15) is 0 Å². The van der Waals surface area contributed by atoms with Crippen LogP contribution in [0.1, 0.15) is 15.9 Å². The molecule has 0 spiro atoms. The summed E-state index contributed by atoms with van der Waals surface area (Å²) in [7, 11) is 1.56. The van der Waals surface area contributed by atoms with Crippen molar-refractivity contribution in [1.29, 1.82) is 0 Å². The van der Waals surface area contributed by atoms with Gasteiger partial charge in [0.25, 0.3) is 5.91 Å². The van der Waals surface area contributed by atoms with Crippen molar-refractivity contribution in [3.8, 4) is 5.75 Å². The molecule has 3 rings (SSSR count). The number of amides is 1. The molecular formula is C17H12BrNO3. The number of hydrogen-bond donors (Lipinski definition) is 1. The highest BCUT2D eigenvalue weighted by atomic mass is 79.9. The van der Waals surface area contributed by atoms with Crippen molar-refractivity contribution >= 4 is 38.9 Å². The monoisotopic (exact) mass is 357 g/mol. The summed E-state index contributed by atoms with van der Waals surface area (Å²) in [5, 5.41) is 2.74. The van der Waals surface area contributed by atoms with Crippen LogP contribution in [0.5, 0.6) is 5.75 Å². The lowest BCUT2D eigenvalue weighted by Crippen LogP contribution is -2.05. The number of ether oxygens (including phenoxy) is 1. The van der Waals surface area contributed by atoms with Gasteiger partial charge in [-0.3, -0.25) is 9.59 Å². The predicted molar refractivity (Wildman–Crippen MR) is 88.1 cm³/mol. The van der Waals surface area contributed by atoms with E-state index in [0.717, 1.165) is 4.47 Å². The molecule has 1 heterocycles. The first kappa shape index (κ1) is 14.5. The second-order valence-electron chi connectivity index (χ2n) is 4.79. The van der Waals surface area contributed by atoms with Crippen LogP contribution in [0, 0.1) is 0 Å². The number of benzene rings is 2. The van der Waals surface area contributed by atoms with Gasteiger partial charge in [-0.25, -0.2) is 0 Å². The van der Waals surface area contributed by atoms with Gasteiger partial charge in [0.15, 0.2) is 5.78 Å². The number of allylic oxidation sites excluding steroid dienone is 1. The highest BCUT2D eigenvalue weighted by Crippen LogP contribution is 2.34. The summed E-state index contributed by atoms with van der Waals surface area (Å²) in [5.74, 6) is 0.138. The second-order valence-corrected chi connectivity index (χ2v) is 5.71. The van der Waals surface area contributed by atoms with Gasteiger partial charge in [0.2, 0.25) is 0 Å². The Morgan fingerprint density at radius 3 is 2.59 bits per heavy atom. The van der Waals surface area contributed by atoms with E-state index in [1.807, 2.05) is 0 Å². The second kappa shape index (κ2) is 5.77. The van der Waals surface area contributed by atoms with Gasteiger partial charge in [0.05, 0.1) is 12.7 Å². The molecule has 0 unspecified atom stereocenters. The van der Waals surface area contributed by atoms with Crippen LogP contribution in [0.4, 0.5) is 5.69 Å². The summed E-state index contributed by atoms with van der Waals surface area (Å²) < 4.78 is 6.06. The summed E-state index contributed by atoms with van der Waals surface area (Å²) >= 11 is 3.32. The number of nitrogens with one attached hydrogen (secondary N) is 1. The number of rotatable bonds is 3. The van der Waals surface area contributed by atoms with Crippen LogP contribution in [0.2, 0.25) is 0 Å². The lowest BCUT2D eigenvalue weighted by Gasteiger charge is -2.03. The smallest absolute Gasteiger partial charge is 0.256 e. The van der Waals surface area contributed by atoms with Gasteiger partial charge in [-0.1, -0.05) is 15.9 Å². The molecule has 4 nitrogen and oxygen atoms in total. The van der Waals surface area contributed by atoms with Gasteiger partial charge in [-0.15, -0.1) is 0 Å². The SMILES string of the molecule is COc1ccc2c(c1)/C(=C/C(=O)c1ccc(Br)cc1)C(=O)N2. The zero-order chi connectivity index (χ0) is 15.7. The number of halogens is 1. The van der Waals surface area contributed by atoms with Crippen LogP contribution in [-0.2, 0) is 4.79 Å². The molecular weight excluding hydrogens is 346 g/mol. The molecule has 0 radical (unpaired) electrons. The van der Waals surface area contributed by atoms with E-state index in [0.29, 0.717) is 28.1 Å². The minimum absolute atomic E-state index is 0.215. The summed E-state index contributed by atoms with van der Waals surface area (Å²) in [6, 6.07) is 12.3. The summed E-state index contributed by atoms with van der Waals surface area (Å²) in [4.78, 5) is 24.4. The molecule has 0 saturated carbocycles. The standard InChI is InChI=1S/C17H12BrNO3/c1-22-12-6-7-15-13(8-12)14(17(21)19-15)9-16(20)10-2-4-11(18)5-3-10/h2-9H,1H3,(H,19,21)/b14-9-. The fourth-order valence-corrected chi connectivity index (χ4v) is 2.53. The molecule has 110 valence electrons. The first-order valence-corrected chi connectivity index (χ1v) is 7.39. The summed E-state index contributed by atoms with van der Waals surface area (Å²) in [6.07, 6.45) is 1.36. The van der Waals surface area contributed by atoms with E-state index in [4.69, 9.17) is 4.74 Å². The van der Waals surface area contributed by atoms with Crippen LogP contribution in [-0.4, -0.2) is 18.8 Å². The van der Waals surface area contributed by atoms with Gasteiger partial charge in [-0.05, 0) is 48.5 Å². The molecule has 1 amide bonds. The van der Waals surface area contributed by atoms with E-state index in [-0.39, 0.29) is 11.7 Å². The maximum atomic E-state index is 12.3. The molecule has 0 saturated heterocycles. The first-order chi connectivity index (χ1) is 10.6. The number of fused-ring (bicyclic) bond motifs is 1. The van der Waals surface area contributed by atoms with E-state index in [1.165, 1.54) is 6.08 Å². The molecule has 1 aliphatic heterocycles. The molecule has 2 aromatic rings. The lowest BCUT2D eigenvalue weighted by molar-refractivity contribution is -0.110. The number of ketones is 1. The van der Waals surface area contributed by atoms with E-state index >= 15 is 0 Å². The minimum atomic E-state index is -0.284. The molecule has 2 aromatic carbocycles. The topological polar surface area (TPSA) is 55.4 Å². The number of carbonyl (C=O) groups excluding carboxylic acids is 2. The Morgan fingerprint density at radius 1 is 1.18 bits per heavy atom. The normalized spacial score (nSPS) is 14.6. The molecule has 0 atom stereocenters. The Bertz CT molecular complexity index is 794. The molecule has 5 heteroatoms. The largest absolute Gasteiger partial charge is 0.497 e. The average Bonchev–Trinajstić information content (AvgIpc) is 2.83. The predicted octanol–water partition coefficient (Wildman–Crippen LogP) is 3.68. The van der Waals surface area contributed by atoms with E-state index in [2.05, 4.69) is 21.2 Å². The molecule has 0 fully saturated rings. The van der Waals surface area contributed by atoms with Gasteiger partial charge >= 0.3 is 0 Å². The van der Waals surface area contributed by atoms with Crippen LogP contribution in [0.15, 0.2) is 53.0 Å². The van der Waals surface area contributed by atoms with Gasteiger partial charge < -0.3 is 10.1 Å². The van der Waals surface area contributed by atoms with E-state index in [1.54, 1.807) is 49.6 Å². The lowest BCUT2D eigenvalue weighted by atomic mass is 10.0. The van der Waals surface area contributed by atoms with Gasteiger partial charge in [0, 0.05) is 21.3 Å². The van der Waals surface area contributed by atoms with Crippen molar-refractivity contribution in [3.63, 3.8) is 0 Å². The number of hydrogen-bond acceptors (Lipinski definition) is 3. The Balaban J connectivity index is 1.99. The van der Waals surface area contributed by atoms with E-state index in [9.17, 15) is 9.59 Å². The van der Waals surface area contributed by atoms with Crippen molar-refractivity contribution in [1.82, 2.24) is 0 Å². The van der Waals surface area contributed by atoms with Crippen LogP contribution >= 0.6 is 15.9 Å². The fourth-order valence-electron chi connectivity index (χ4n) is 2.27. The van der Waals surface area contributed by atoms with Gasteiger partial charge in [0.1, 0.15) is 5.75 Å². The Morgan fingerprint density at radius 2 is 1.91 bits per heavy atom. The molecule has 0 aromatic heterocycles. The maximum Gasteiger partial charge on any atom is 0.256 e. The van der Waals surface area contributed by atoms with Crippen molar-refractivity contribution in [2.75, 3.05) is 12.4 Å². The third-order valence-electron chi connectivity index (χ3n) is 3.41. The number of methoxy groups -OCH3 is 1. The Labute approximate surface area is 135 Å². The average molecular weight is 358 g/mol. The van der Waals surface area contributed by atoms with Crippen LogP contribution in [0.3, 0.4) is 0 Å².